The van der Waals surface area contributed by atoms with Gasteiger partial charge in [0.1, 0.15) is 0 Å². The summed E-state index contributed by atoms with van der Waals surface area (Å²) in [6.07, 6.45) is 5.60. The van der Waals surface area contributed by atoms with Gasteiger partial charge in [0.15, 0.2) is 0 Å². The first-order valence-corrected chi connectivity index (χ1v) is 8.36. The van der Waals surface area contributed by atoms with Crippen molar-refractivity contribution in [3.63, 3.8) is 0 Å². The van der Waals surface area contributed by atoms with E-state index in [1.807, 2.05) is 24.3 Å². The number of hydrogen-bond donors (Lipinski definition) is 2. The largest absolute Gasteiger partial charge is 0.399 e. The lowest BCUT2D eigenvalue weighted by Crippen LogP contribution is -2.54. The number of anilines is 1. The molecule has 1 aromatic carbocycles. The van der Waals surface area contributed by atoms with Crippen LogP contribution in [0.1, 0.15) is 24.5 Å². The number of pyridine rings is 1. The standard InChI is InChI=1S/C19H23N3O/c1-2-12-11-22-8-6-13(12)9-18(22)19(23)15-5-7-21-17-4-3-14(20)10-16(15)17/h2-5,7,10,12-13,18-19,23H,1,6,8-9,11,20H2/t12?,13-,18?,19+/m0/s1. The van der Waals surface area contributed by atoms with Gasteiger partial charge in [-0.05, 0) is 61.1 Å². The van der Waals surface area contributed by atoms with Crippen LogP contribution in [-0.2, 0) is 0 Å². The first-order chi connectivity index (χ1) is 11.2. The van der Waals surface area contributed by atoms with Crippen LogP contribution >= 0.6 is 0 Å². The molecule has 3 fully saturated rings. The molecular weight excluding hydrogens is 286 g/mol. The van der Waals surface area contributed by atoms with Crippen molar-refractivity contribution in [2.75, 3.05) is 18.8 Å². The van der Waals surface area contributed by atoms with Crippen LogP contribution in [0.4, 0.5) is 5.69 Å². The van der Waals surface area contributed by atoms with Crippen molar-refractivity contribution >= 4 is 16.6 Å². The van der Waals surface area contributed by atoms with Crippen LogP contribution in [0.15, 0.2) is 43.1 Å². The number of rotatable bonds is 3. The molecule has 3 aliphatic heterocycles. The zero-order valence-corrected chi connectivity index (χ0v) is 13.2. The lowest BCUT2D eigenvalue weighted by molar-refractivity contribution is -0.0444. The zero-order valence-electron chi connectivity index (χ0n) is 13.2. The zero-order chi connectivity index (χ0) is 16.0. The summed E-state index contributed by atoms with van der Waals surface area (Å²) in [5.41, 5.74) is 8.47. The van der Waals surface area contributed by atoms with Gasteiger partial charge in [-0.3, -0.25) is 9.88 Å². The van der Waals surface area contributed by atoms with Crippen LogP contribution in [0.25, 0.3) is 10.9 Å². The molecule has 23 heavy (non-hydrogen) atoms. The molecule has 4 heterocycles. The van der Waals surface area contributed by atoms with Crippen molar-refractivity contribution in [1.82, 2.24) is 9.88 Å². The average molecular weight is 309 g/mol. The molecular formula is C19H23N3O. The first-order valence-electron chi connectivity index (χ1n) is 8.36. The molecule has 0 amide bonds. The van der Waals surface area contributed by atoms with Gasteiger partial charge in [-0.15, -0.1) is 6.58 Å². The first kappa shape index (κ1) is 14.7. The van der Waals surface area contributed by atoms with Crippen molar-refractivity contribution in [2.24, 2.45) is 11.8 Å². The molecule has 3 saturated heterocycles. The summed E-state index contributed by atoms with van der Waals surface area (Å²) in [4.78, 5) is 6.82. The van der Waals surface area contributed by atoms with Crippen LogP contribution in [0.2, 0.25) is 0 Å². The van der Waals surface area contributed by atoms with E-state index >= 15 is 0 Å². The Hall–Kier alpha value is -1.91. The van der Waals surface area contributed by atoms with Gasteiger partial charge in [-0.25, -0.2) is 0 Å². The Labute approximate surface area is 136 Å². The van der Waals surface area contributed by atoms with Crippen LogP contribution in [0.5, 0.6) is 0 Å². The number of nitrogen functional groups attached to an aromatic ring is 1. The minimum atomic E-state index is -0.504. The van der Waals surface area contributed by atoms with Crippen LogP contribution in [-0.4, -0.2) is 34.1 Å². The molecule has 3 N–H and O–H groups in total. The quantitative estimate of drug-likeness (QED) is 0.676. The summed E-state index contributed by atoms with van der Waals surface area (Å²) in [5, 5.41) is 12.0. The molecule has 5 rings (SSSR count). The second-order valence-electron chi connectivity index (χ2n) is 6.87. The van der Waals surface area contributed by atoms with Gasteiger partial charge in [0.05, 0.1) is 11.6 Å². The number of aromatic nitrogens is 1. The highest BCUT2D eigenvalue weighted by atomic mass is 16.3. The number of nitrogens with two attached hydrogens (primary N) is 1. The van der Waals surface area contributed by atoms with Crippen molar-refractivity contribution in [2.45, 2.75) is 25.0 Å². The van der Waals surface area contributed by atoms with Crippen molar-refractivity contribution < 1.29 is 5.11 Å². The van der Waals surface area contributed by atoms with E-state index in [9.17, 15) is 5.11 Å². The van der Waals surface area contributed by atoms with E-state index in [1.54, 1.807) is 6.20 Å². The third-order valence-electron chi connectivity index (χ3n) is 5.64. The molecule has 120 valence electrons. The van der Waals surface area contributed by atoms with Gasteiger partial charge in [-0.2, -0.15) is 0 Å². The Morgan fingerprint density at radius 2 is 2.26 bits per heavy atom. The molecule has 2 bridgehead atoms. The summed E-state index contributed by atoms with van der Waals surface area (Å²) in [7, 11) is 0. The van der Waals surface area contributed by atoms with E-state index in [1.165, 1.54) is 6.42 Å². The van der Waals surface area contributed by atoms with Crippen LogP contribution in [0.3, 0.4) is 0 Å². The summed E-state index contributed by atoms with van der Waals surface area (Å²) in [5.74, 6) is 1.22. The number of benzene rings is 1. The predicted octanol–water partition coefficient (Wildman–Crippen LogP) is 2.75. The maximum atomic E-state index is 11.1. The van der Waals surface area contributed by atoms with Crippen molar-refractivity contribution in [3.05, 3.63) is 48.7 Å². The molecule has 3 unspecified atom stereocenters. The van der Waals surface area contributed by atoms with Crippen LogP contribution in [0, 0.1) is 11.8 Å². The Bertz CT molecular complexity index is 744. The fraction of sp³-hybridized carbons (Fsp3) is 0.421. The van der Waals surface area contributed by atoms with Gasteiger partial charge in [0.2, 0.25) is 0 Å². The Morgan fingerprint density at radius 1 is 1.39 bits per heavy atom. The number of piperidine rings is 3. The maximum absolute atomic E-state index is 11.1. The van der Waals surface area contributed by atoms with Crippen molar-refractivity contribution in [1.29, 1.82) is 0 Å². The predicted molar refractivity (Wildman–Crippen MR) is 92.9 cm³/mol. The SMILES string of the molecule is C=CC1CN2CC[C@H]1CC2[C@H](O)c1ccnc2ccc(N)cc12. The Morgan fingerprint density at radius 3 is 3.00 bits per heavy atom. The fourth-order valence-corrected chi connectivity index (χ4v) is 4.36. The molecule has 0 radical (unpaired) electrons. The summed E-state index contributed by atoms with van der Waals surface area (Å²) < 4.78 is 0. The highest BCUT2D eigenvalue weighted by molar-refractivity contribution is 5.85. The molecule has 3 aliphatic rings. The van der Waals surface area contributed by atoms with E-state index < -0.39 is 6.10 Å². The van der Waals surface area contributed by atoms with E-state index in [4.69, 9.17) is 5.73 Å². The molecule has 1 aromatic heterocycles. The van der Waals surface area contributed by atoms with Gasteiger partial charge in [-0.1, -0.05) is 6.08 Å². The van der Waals surface area contributed by atoms with Gasteiger partial charge >= 0.3 is 0 Å². The minimum absolute atomic E-state index is 0.178. The molecule has 0 saturated carbocycles. The summed E-state index contributed by atoms with van der Waals surface area (Å²) in [6.45, 7) is 6.06. The minimum Gasteiger partial charge on any atom is -0.399 e. The van der Waals surface area contributed by atoms with Gasteiger partial charge < -0.3 is 10.8 Å². The number of aliphatic hydroxyl groups is 1. The summed E-state index contributed by atoms with van der Waals surface area (Å²) in [6, 6.07) is 7.80. The van der Waals surface area contributed by atoms with Gasteiger partial charge in [0.25, 0.3) is 0 Å². The highest BCUT2D eigenvalue weighted by Crippen LogP contribution is 2.42. The molecule has 0 aliphatic carbocycles. The lowest BCUT2D eigenvalue weighted by Gasteiger charge is -2.50. The number of nitrogens with zero attached hydrogens (tertiary/aromatic N) is 2. The molecule has 0 spiro atoms. The molecule has 2 aromatic rings. The topological polar surface area (TPSA) is 62.4 Å². The average Bonchev–Trinajstić information content (AvgIpc) is 2.60. The fourth-order valence-electron chi connectivity index (χ4n) is 4.36. The third kappa shape index (κ3) is 2.42. The van der Waals surface area contributed by atoms with Crippen LogP contribution < -0.4 is 5.73 Å². The second-order valence-corrected chi connectivity index (χ2v) is 6.87. The number of fused-ring (bicyclic) bond motifs is 4. The van der Waals surface area contributed by atoms with E-state index in [-0.39, 0.29) is 6.04 Å². The molecule has 5 atom stereocenters. The van der Waals surface area contributed by atoms with E-state index in [0.717, 1.165) is 36.0 Å². The second kappa shape index (κ2) is 5.62. The van der Waals surface area contributed by atoms with E-state index in [2.05, 4.69) is 22.5 Å². The highest BCUT2D eigenvalue weighted by Gasteiger charge is 2.42. The van der Waals surface area contributed by atoms with E-state index in [0.29, 0.717) is 17.5 Å². The smallest absolute Gasteiger partial charge is 0.0952 e. The molecule has 4 nitrogen and oxygen atoms in total. The Balaban J connectivity index is 1.69. The maximum Gasteiger partial charge on any atom is 0.0952 e. The number of hydrogen-bond acceptors (Lipinski definition) is 4. The Kier molecular flexibility index (Phi) is 3.58. The number of aliphatic hydroxyl groups excluding tert-OH is 1. The van der Waals surface area contributed by atoms with Crippen molar-refractivity contribution in [3.8, 4) is 0 Å². The normalized spacial score (nSPS) is 31.2. The summed E-state index contributed by atoms with van der Waals surface area (Å²) >= 11 is 0. The molecule has 4 heteroatoms. The lowest BCUT2D eigenvalue weighted by atomic mass is 9.73. The third-order valence-corrected chi connectivity index (χ3v) is 5.64. The van der Waals surface area contributed by atoms with Gasteiger partial charge in [0, 0.05) is 29.9 Å². The monoisotopic (exact) mass is 309 g/mol.